The van der Waals surface area contributed by atoms with Crippen LogP contribution in [-0.2, 0) is 16.0 Å². The van der Waals surface area contributed by atoms with Crippen LogP contribution in [0.25, 0.3) is 0 Å². The van der Waals surface area contributed by atoms with E-state index in [1.54, 1.807) is 24.3 Å². The molecule has 1 unspecified atom stereocenters. The smallest absolute Gasteiger partial charge is 0.325 e. The zero-order chi connectivity index (χ0) is 13.9. The second-order valence-corrected chi connectivity index (χ2v) is 4.82. The molecule has 2 atom stereocenters. The molecule has 20 heavy (non-hydrogen) atoms. The van der Waals surface area contributed by atoms with Gasteiger partial charge in [-0.05, 0) is 24.1 Å². The molecule has 4 nitrogen and oxygen atoms in total. The fourth-order valence-corrected chi connectivity index (χ4v) is 2.29. The fourth-order valence-electron chi connectivity index (χ4n) is 2.29. The van der Waals surface area contributed by atoms with Gasteiger partial charge in [-0.15, -0.1) is 0 Å². The molecule has 0 radical (unpaired) electrons. The van der Waals surface area contributed by atoms with Crippen molar-refractivity contribution in [3.63, 3.8) is 0 Å². The lowest BCUT2D eigenvalue weighted by molar-refractivity contribution is -0.142. The number of cyclic esters (lactones) is 1. The number of phenols is 1. The first-order valence-corrected chi connectivity index (χ1v) is 6.52. The number of hydrogen-bond donors (Lipinski definition) is 2. The molecule has 1 fully saturated rings. The Labute approximate surface area is 117 Å². The zero-order valence-corrected chi connectivity index (χ0v) is 10.8. The molecule has 4 heteroatoms. The molecule has 0 bridgehead atoms. The summed E-state index contributed by atoms with van der Waals surface area (Å²) in [4.78, 5) is 11.9. The number of esters is 1. The Morgan fingerprint density at radius 2 is 1.75 bits per heavy atom. The minimum atomic E-state index is -0.384. The maximum Gasteiger partial charge on any atom is 0.325 e. The Kier molecular flexibility index (Phi) is 3.39. The molecule has 1 aliphatic rings. The number of benzene rings is 2. The molecule has 0 aliphatic carbocycles. The van der Waals surface area contributed by atoms with Crippen LogP contribution in [-0.4, -0.2) is 17.1 Å². The Bertz CT molecular complexity index is 595. The van der Waals surface area contributed by atoms with Crippen molar-refractivity contribution in [2.24, 2.45) is 0 Å². The largest absolute Gasteiger partial charge is 0.508 e. The van der Waals surface area contributed by atoms with Gasteiger partial charge in [0.2, 0.25) is 0 Å². The number of carbonyl (C=O) groups excluding carboxylic acids is 1. The van der Waals surface area contributed by atoms with Crippen LogP contribution in [0.15, 0.2) is 54.6 Å². The number of nitrogens with one attached hydrogen (secondary N) is 1. The number of rotatable bonds is 3. The average Bonchev–Trinajstić information content (AvgIpc) is 2.84. The second-order valence-electron chi connectivity index (χ2n) is 4.82. The van der Waals surface area contributed by atoms with Gasteiger partial charge < -0.3 is 9.84 Å². The van der Waals surface area contributed by atoms with Crippen molar-refractivity contribution in [2.75, 3.05) is 0 Å². The van der Waals surface area contributed by atoms with Crippen LogP contribution in [0.1, 0.15) is 17.4 Å². The monoisotopic (exact) mass is 269 g/mol. The van der Waals surface area contributed by atoms with Crippen molar-refractivity contribution in [1.29, 1.82) is 0 Å². The third-order valence-electron chi connectivity index (χ3n) is 3.35. The summed E-state index contributed by atoms with van der Waals surface area (Å²) in [5.41, 5.74) is 1.92. The third kappa shape index (κ3) is 2.65. The summed E-state index contributed by atoms with van der Waals surface area (Å²) in [6.07, 6.45) is 0.161. The van der Waals surface area contributed by atoms with E-state index in [1.165, 1.54) is 0 Å². The fraction of sp³-hybridized carbons (Fsp3) is 0.188. The molecule has 0 amide bonds. The van der Waals surface area contributed by atoms with Gasteiger partial charge >= 0.3 is 5.97 Å². The Balaban J connectivity index is 1.70. The molecule has 1 saturated heterocycles. The molecule has 0 aromatic heterocycles. The van der Waals surface area contributed by atoms with Crippen LogP contribution in [0.2, 0.25) is 0 Å². The molecule has 102 valence electrons. The van der Waals surface area contributed by atoms with Crippen LogP contribution < -0.4 is 5.32 Å². The molecule has 2 aromatic rings. The predicted octanol–water partition coefficient (Wildman–Crippen LogP) is 2.15. The summed E-state index contributed by atoms with van der Waals surface area (Å²) in [5.74, 6) is -0.0233. The molecule has 2 aromatic carbocycles. The molecule has 0 saturated carbocycles. The molecule has 1 aliphatic heterocycles. The zero-order valence-electron chi connectivity index (χ0n) is 10.8. The van der Waals surface area contributed by atoms with Crippen LogP contribution in [0.5, 0.6) is 5.75 Å². The lowest BCUT2D eigenvalue weighted by atomic mass is 10.1. The highest BCUT2D eigenvalue weighted by Crippen LogP contribution is 2.23. The first-order chi connectivity index (χ1) is 9.72. The van der Waals surface area contributed by atoms with E-state index < -0.39 is 0 Å². The number of ether oxygens (including phenoxy) is 1. The van der Waals surface area contributed by atoms with Gasteiger partial charge in [-0.1, -0.05) is 42.5 Å². The summed E-state index contributed by atoms with van der Waals surface area (Å²) in [6, 6.07) is 16.1. The number of hydrogen-bond acceptors (Lipinski definition) is 4. The van der Waals surface area contributed by atoms with E-state index in [2.05, 4.69) is 5.32 Å². The van der Waals surface area contributed by atoms with Gasteiger partial charge in [0.1, 0.15) is 11.8 Å². The SMILES string of the molecule is O=C1OC(c2ccccc2)N[C@H]1Cc1ccc(O)cc1. The molecular weight excluding hydrogens is 254 g/mol. The van der Waals surface area contributed by atoms with Crippen LogP contribution in [0.3, 0.4) is 0 Å². The minimum absolute atomic E-state index is 0.220. The van der Waals surface area contributed by atoms with Gasteiger partial charge in [-0.2, -0.15) is 0 Å². The van der Waals surface area contributed by atoms with Crippen molar-refractivity contribution >= 4 is 5.97 Å². The number of aromatic hydroxyl groups is 1. The van der Waals surface area contributed by atoms with Crippen LogP contribution in [0, 0.1) is 0 Å². The Hall–Kier alpha value is -2.33. The Morgan fingerprint density at radius 1 is 1.05 bits per heavy atom. The second kappa shape index (κ2) is 5.35. The number of phenolic OH excluding ortho intramolecular Hbond substituents is 1. The van der Waals surface area contributed by atoms with Gasteiger partial charge in [0.15, 0.2) is 6.23 Å². The summed E-state index contributed by atoms with van der Waals surface area (Å²) in [7, 11) is 0. The van der Waals surface area contributed by atoms with Gasteiger partial charge in [0, 0.05) is 5.56 Å². The van der Waals surface area contributed by atoms with Gasteiger partial charge in [0.25, 0.3) is 0 Å². The molecule has 2 N–H and O–H groups in total. The molecule has 3 rings (SSSR count). The van der Waals surface area contributed by atoms with Gasteiger partial charge in [-0.3, -0.25) is 10.1 Å². The van der Waals surface area contributed by atoms with Crippen molar-refractivity contribution in [1.82, 2.24) is 5.32 Å². The van der Waals surface area contributed by atoms with Crippen molar-refractivity contribution in [3.8, 4) is 5.75 Å². The van der Waals surface area contributed by atoms with Crippen LogP contribution >= 0.6 is 0 Å². The van der Waals surface area contributed by atoms with E-state index in [9.17, 15) is 9.90 Å². The maximum absolute atomic E-state index is 11.9. The van der Waals surface area contributed by atoms with Gasteiger partial charge in [-0.25, -0.2) is 0 Å². The molecule has 0 spiro atoms. The first-order valence-electron chi connectivity index (χ1n) is 6.52. The quantitative estimate of drug-likeness (QED) is 0.838. The van der Waals surface area contributed by atoms with Gasteiger partial charge in [0.05, 0.1) is 0 Å². The topological polar surface area (TPSA) is 58.6 Å². The van der Waals surface area contributed by atoms with Crippen molar-refractivity contribution in [2.45, 2.75) is 18.7 Å². The normalized spacial score (nSPS) is 21.7. The highest BCUT2D eigenvalue weighted by molar-refractivity contribution is 5.78. The Morgan fingerprint density at radius 3 is 2.45 bits per heavy atom. The van der Waals surface area contributed by atoms with E-state index in [0.717, 1.165) is 11.1 Å². The summed E-state index contributed by atoms with van der Waals surface area (Å²) < 4.78 is 5.36. The van der Waals surface area contributed by atoms with Crippen molar-refractivity contribution in [3.05, 3.63) is 65.7 Å². The summed E-state index contributed by atoms with van der Waals surface area (Å²) in [6.45, 7) is 0. The maximum atomic E-state index is 11.9. The highest BCUT2D eigenvalue weighted by atomic mass is 16.6. The van der Waals surface area contributed by atoms with E-state index in [4.69, 9.17) is 4.74 Å². The van der Waals surface area contributed by atoms with E-state index in [-0.39, 0.29) is 24.0 Å². The lowest BCUT2D eigenvalue weighted by Gasteiger charge is -2.10. The first kappa shape index (κ1) is 12.7. The van der Waals surface area contributed by atoms with Crippen molar-refractivity contribution < 1.29 is 14.6 Å². The van der Waals surface area contributed by atoms with E-state index >= 15 is 0 Å². The predicted molar refractivity (Wildman–Crippen MR) is 74.0 cm³/mol. The summed E-state index contributed by atoms with van der Waals surface area (Å²) in [5, 5.41) is 12.4. The van der Waals surface area contributed by atoms with E-state index in [0.29, 0.717) is 6.42 Å². The highest BCUT2D eigenvalue weighted by Gasteiger charge is 2.34. The third-order valence-corrected chi connectivity index (χ3v) is 3.35. The minimum Gasteiger partial charge on any atom is -0.508 e. The van der Waals surface area contributed by atoms with Crippen LogP contribution in [0.4, 0.5) is 0 Å². The standard InChI is InChI=1S/C16H15NO3/c18-13-8-6-11(7-9-13)10-14-16(19)20-15(17-14)12-4-2-1-3-5-12/h1-9,14-15,17-18H,10H2/t14-,15?/m0/s1. The molecular formula is C16H15NO3. The number of carbonyl (C=O) groups is 1. The average molecular weight is 269 g/mol. The van der Waals surface area contributed by atoms with E-state index in [1.807, 2.05) is 30.3 Å². The summed E-state index contributed by atoms with van der Waals surface area (Å²) >= 11 is 0. The lowest BCUT2D eigenvalue weighted by Crippen LogP contribution is -2.30. The molecule has 1 heterocycles.